The quantitative estimate of drug-likeness (QED) is 0.814. The van der Waals surface area contributed by atoms with Crippen molar-refractivity contribution >= 4 is 8.32 Å². The number of benzene rings is 1. The van der Waals surface area contributed by atoms with Gasteiger partial charge in [-0.05, 0) is 30.1 Å². The lowest BCUT2D eigenvalue weighted by molar-refractivity contribution is 0.272. The summed E-state index contributed by atoms with van der Waals surface area (Å²) in [4.78, 5) is 0. The number of hydrogen-bond acceptors (Lipinski definition) is 2. The van der Waals surface area contributed by atoms with Crippen LogP contribution in [0.4, 0.5) is 0 Å². The molecule has 0 amide bonds. The SMILES string of the molecule is CC(C)(C)[Si](C)(C)OCC[C@H](N)c1ccccc1. The van der Waals surface area contributed by atoms with Gasteiger partial charge in [0.2, 0.25) is 0 Å². The lowest BCUT2D eigenvalue weighted by Gasteiger charge is -2.36. The first kappa shape index (κ1) is 15.4. The highest BCUT2D eigenvalue weighted by Gasteiger charge is 2.36. The molecule has 0 heterocycles. The Morgan fingerprint density at radius 1 is 1.17 bits per heavy atom. The molecule has 1 aromatic carbocycles. The lowest BCUT2D eigenvalue weighted by Crippen LogP contribution is -2.41. The normalized spacial score (nSPS) is 14.6. The van der Waals surface area contributed by atoms with Crippen LogP contribution in [0.1, 0.15) is 38.8 Å². The van der Waals surface area contributed by atoms with Gasteiger partial charge in [0.25, 0.3) is 0 Å². The van der Waals surface area contributed by atoms with Gasteiger partial charge in [0.05, 0.1) is 0 Å². The average molecular weight is 265 g/mol. The van der Waals surface area contributed by atoms with E-state index in [4.69, 9.17) is 10.2 Å². The maximum atomic E-state index is 6.17. The fourth-order valence-corrected chi connectivity index (χ4v) is 2.59. The zero-order chi connectivity index (χ0) is 13.8. The predicted molar refractivity (Wildman–Crippen MR) is 81.1 cm³/mol. The number of rotatable bonds is 5. The summed E-state index contributed by atoms with van der Waals surface area (Å²) in [5.41, 5.74) is 7.36. The van der Waals surface area contributed by atoms with Crippen LogP contribution in [0.2, 0.25) is 18.1 Å². The first-order valence-corrected chi connectivity index (χ1v) is 9.59. The summed E-state index contributed by atoms with van der Waals surface area (Å²) in [7, 11) is -1.63. The van der Waals surface area contributed by atoms with Gasteiger partial charge in [0.15, 0.2) is 8.32 Å². The fraction of sp³-hybridized carbons (Fsp3) is 0.600. The van der Waals surface area contributed by atoms with E-state index in [0.717, 1.165) is 13.0 Å². The van der Waals surface area contributed by atoms with Gasteiger partial charge in [-0.2, -0.15) is 0 Å². The van der Waals surface area contributed by atoms with Crippen LogP contribution in [-0.2, 0) is 4.43 Å². The topological polar surface area (TPSA) is 35.2 Å². The molecule has 102 valence electrons. The minimum Gasteiger partial charge on any atom is -0.417 e. The van der Waals surface area contributed by atoms with Crippen LogP contribution in [0.15, 0.2) is 30.3 Å². The van der Waals surface area contributed by atoms with Gasteiger partial charge in [0, 0.05) is 12.6 Å². The van der Waals surface area contributed by atoms with Gasteiger partial charge >= 0.3 is 0 Å². The van der Waals surface area contributed by atoms with E-state index in [2.05, 4.69) is 46.0 Å². The van der Waals surface area contributed by atoms with E-state index in [0.29, 0.717) is 0 Å². The second-order valence-corrected chi connectivity index (χ2v) is 11.2. The Balaban J connectivity index is 2.43. The molecule has 1 aromatic rings. The molecule has 0 saturated carbocycles. The standard InChI is InChI=1S/C15H27NOSi/c1-15(2,3)18(4,5)17-12-11-14(16)13-9-7-6-8-10-13/h6-10,14H,11-12,16H2,1-5H3/t14-/m0/s1. The zero-order valence-corrected chi connectivity index (χ0v) is 13.4. The number of hydrogen-bond donors (Lipinski definition) is 1. The second kappa shape index (κ2) is 6.00. The molecule has 2 nitrogen and oxygen atoms in total. The van der Waals surface area contributed by atoms with Crippen LogP contribution >= 0.6 is 0 Å². The van der Waals surface area contributed by atoms with Gasteiger partial charge in [0.1, 0.15) is 0 Å². The summed E-state index contributed by atoms with van der Waals surface area (Å²) in [6.45, 7) is 12.1. The molecule has 0 spiro atoms. The molecule has 1 atom stereocenters. The van der Waals surface area contributed by atoms with E-state index in [1.807, 2.05) is 18.2 Å². The van der Waals surface area contributed by atoms with Crippen molar-refractivity contribution < 1.29 is 4.43 Å². The van der Waals surface area contributed by atoms with E-state index in [-0.39, 0.29) is 11.1 Å². The summed E-state index contributed by atoms with van der Waals surface area (Å²) in [5.74, 6) is 0. The fourth-order valence-electron chi connectivity index (χ4n) is 1.52. The van der Waals surface area contributed by atoms with E-state index in [1.165, 1.54) is 5.56 Å². The van der Waals surface area contributed by atoms with Crippen LogP contribution in [0, 0.1) is 0 Å². The third-order valence-corrected chi connectivity index (χ3v) is 8.46. The Morgan fingerprint density at radius 3 is 2.22 bits per heavy atom. The summed E-state index contributed by atoms with van der Waals surface area (Å²) in [6, 6.07) is 10.3. The smallest absolute Gasteiger partial charge is 0.191 e. The maximum Gasteiger partial charge on any atom is 0.191 e. The van der Waals surface area contributed by atoms with Gasteiger partial charge in [-0.25, -0.2) is 0 Å². The van der Waals surface area contributed by atoms with Crippen molar-refractivity contribution in [1.82, 2.24) is 0 Å². The highest BCUT2D eigenvalue weighted by Crippen LogP contribution is 2.36. The lowest BCUT2D eigenvalue weighted by atomic mass is 10.1. The molecule has 3 heteroatoms. The molecule has 0 unspecified atom stereocenters. The van der Waals surface area contributed by atoms with Gasteiger partial charge in [-0.3, -0.25) is 0 Å². The van der Waals surface area contributed by atoms with Crippen LogP contribution in [0.3, 0.4) is 0 Å². The van der Waals surface area contributed by atoms with Crippen LogP contribution < -0.4 is 5.73 Å². The van der Waals surface area contributed by atoms with Gasteiger partial charge in [-0.15, -0.1) is 0 Å². The second-order valence-electron chi connectivity index (χ2n) is 6.41. The first-order chi connectivity index (χ1) is 8.24. The van der Waals surface area contributed by atoms with Crippen molar-refractivity contribution in [3.63, 3.8) is 0 Å². The van der Waals surface area contributed by atoms with Crippen molar-refractivity contribution in [2.24, 2.45) is 5.73 Å². The minimum atomic E-state index is -1.63. The van der Waals surface area contributed by atoms with Crippen molar-refractivity contribution in [2.75, 3.05) is 6.61 Å². The molecular weight excluding hydrogens is 238 g/mol. The zero-order valence-electron chi connectivity index (χ0n) is 12.4. The highest BCUT2D eigenvalue weighted by atomic mass is 28.4. The predicted octanol–water partition coefficient (Wildman–Crippen LogP) is 4.10. The van der Waals surface area contributed by atoms with Gasteiger partial charge in [-0.1, -0.05) is 51.1 Å². The summed E-state index contributed by atoms with van der Waals surface area (Å²) >= 11 is 0. The monoisotopic (exact) mass is 265 g/mol. The number of nitrogens with two attached hydrogens (primary N) is 1. The minimum absolute atomic E-state index is 0.0796. The van der Waals surface area contributed by atoms with Crippen molar-refractivity contribution in [3.8, 4) is 0 Å². The first-order valence-electron chi connectivity index (χ1n) is 6.68. The van der Waals surface area contributed by atoms with E-state index < -0.39 is 8.32 Å². The van der Waals surface area contributed by atoms with Crippen LogP contribution in [0.5, 0.6) is 0 Å². The molecule has 0 bridgehead atoms. The Kier molecular flexibility index (Phi) is 5.14. The third kappa shape index (κ3) is 4.23. The summed E-state index contributed by atoms with van der Waals surface area (Å²) in [6.07, 6.45) is 0.885. The highest BCUT2D eigenvalue weighted by molar-refractivity contribution is 6.74. The molecule has 0 aromatic heterocycles. The molecule has 0 aliphatic rings. The van der Waals surface area contributed by atoms with Crippen molar-refractivity contribution in [2.45, 2.75) is 51.4 Å². The Morgan fingerprint density at radius 2 is 1.72 bits per heavy atom. The van der Waals surface area contributed by atoms with E-state index in [1.54, 1.807) is 0 Å². The molecule has 0 radical (unpaired) electrons. The molecule has 0 aliphatic carbocycles. The summed E-state index contributed by atoms with van der Waals surface area (Å²) in [5, 5.41) is 0.268. The van der Waals surface area contributed by atoms with Crippen LogP contribution in [0.25, 0.3) is 0 Å². The molecular formula is C15H27NOSi. The van der Waals surface area contributed by atoms with Crippen LogP contribution in [-0.4, -0.2) is 14.9 Å². The Bertz CT molecular complexity index is 357. The molecule has 0 aliphatic heterocycles. The third-order valence-electron chi connectivity index (χ3n) is 3.93. The Labute approximate surface area is 113 Å². The largest absolute Gasteiger partial charge is 0.417 e. The van der Waals surface area contributed by atoms with Gasteiger partial charge < -0.3 is 10.2 Å². The van der Waals surface area contributed by atoms with Crippen molar-refractivity contribution in [3.05, 3.63) is 35.9 Å². The molecule has 0 fully saturated rings. The average Bonchev–Trinajstić information content (AvgIpc) is 2.28. The molecule has 1 rings (SSSR count). The van der Waals surface area contributed by atoms with Crippen molar-refractivity contribution in [1.29, 1.82) is 0 Å². The molecule has 2 N–H and O–H groups in total. The molecule has 18 heavy (non-hydrogen) atoms. The molecule has 0 saturated heterocycles. The summed E-state index contributed by atoms with van der Waals surface area (Å²) < 4.78 is 6.14. The maximum absolute atomic E-state index is 6.17. The van der Waals surface area contributed by atoms with E-state index in [9.17, 15) is 0 Å². The Hall–Kier alpha value is -0.643. The van der Waals surface area contributed by atoms with E-state index >= 15 is 0 Å².